The molecule has 11 nitrogen and oxygen atoms in total. The highest BCUT2D eigenvalue weighted by Gasteiger charge is 2.76. The Morgan fingerprint density at radius 2 is 1.62 bits per heavy atom. The van der Waals surface area contributed by atoms with E-state index in [0.717, 1.165) is 5.56 Å². The van der Waals surface area contributed by atoms with Crippen LogP contribution in [0.5, 0.6) is 5.75 Å². The second-order valence-corrected chi connectivity index (χ2v) is 15.2. The van der Waals surface area contributed by atoms with E-state index >= 15 is 0 Å². The molecule has 1 aromatic carbocycles. The lowest BCUT2D eigenvalue weighted by Gasteiger charge is -2.70. The molecule has 3 aliphatic carbocycles. The summed E-state index contributed by atoms with van der Waals surface area (Å²) in [5.74, 6) is -2.76. The van der Waals surface area contributed by atoms with Crippen molar-refractivity contribution < 1.29 is 52.7 Å². The first-order chi connectivity index (χ1) is 23.4. The summed E-state index contributed by atoms with van der Waals surface area (Å²) in [6.07, 6.45) is 0.596. The van der Waals surface area contributed by atoms with Crippen LogP contribution >= 0.6 is 0 Å². The largest absolute Gasteiger partial charge is 0.496 e. The minimum Gasteiger partial charge on any atom is -0.496 e. The fourth-order valence-corrected chi connectivity index (χ4v) is 10.6. The zero-order chi connectivity index (χ0) is 36.8. The summed E-state index contributed by atoms with van der Waals surface area (Å²) >= 11 is 0. The van der Waals surface area contributed by atoms with Crippen molar-refractivity contribution in [2.24, 2.45) is 34.0 Å². The minimum atomic E-state index is -1.45. The van der Waals surface area contributed by atoms with Crippen LogP contribution in [0.4, 0.5) is 0 Å². The summed E-state index contributed by atoms with van der Waals surface area (Å²) in [6, 6.07) is 7.51. The highest BCUT2D eigenvalue weighted by molar-refractivity contribution is 5.71. The van der Waals surface area contributed by atoms with Crippen molar-refractivity contribution in [1.29, 1.82) is 0 Å². The maximum absolute atomic E-state index is 13.1. The number of carbonyl (C=O) groups excluding carboxylic acids is 4. The van der Waals surface area contributed by atoms with E-state index in [1.165, 1.54) is 27.7 Å². The SMILES string of the molecule is C=C(C[C@@]1(O)C(C)=C[C@@H](OC(C)=O)[C@]2(C)C3[C@H](OC(C)=O)[C@H](OC(C)=O)[C@@]4(CCOC(C)=O)COC[C@H]4[C@]3(C)CC[C@H]21)c1ccccc1OC. The predicted octanol–water partition coefficient (Wildman–Crippen LogP) is 5.22. The second-order valence-electron chi connectivity index (χ2n) is 15.2. The van der Waals surface area contributed by atoms with Crippen LogP contribution in [0.15, 0.2) is 42.5 Å². The number of benzene rings is 1. The first-order valence-corrected chi connectivity index (χ1v) is 17.4. The van der Waals surface area contributed by atoms with Crippen molar-refractivity contribution in [3.05, 3.63) is 48.1 Å². The van der Waals surface area contributed by atoms with E-state index < -0.39 is 75.9 Å². The van der Waals surface area contributed by atoms with Gasteiger partial charge in [-0.3, -0.25) is 19.2 Å². The molecule has 1 saturated heterocycles. The average Bonchev–Trinajstić information content (AvgIpc) is 3.47. The number of aliphatic hydroxyl groups is 1. The molecule has 1 aromatic rings. The molecule has 5 rings (SSSR count). The number of rotatable bonds is 10. The zero-order valence-corrected chi connectivity index (χ0v) is 30.5. The van der Waals surface area contributed by atoms with E-state index in [4.69, 9.17) is 28.4 Å². The number of fused-ring (bicyclic) bond motifs is 5. The van der Waals surface area contributed by atoms with Crippen molar-refractivity contribution in [3.8, 4) is 5.75 Å². The highest BCUT2D eigenvalue weighted by Crippen LogP contribution is 2.72. The van der Waals surface area contributed by atoms with Gasteiger partial charge in [-0.25, -0.2) is 0 Å². The topological polar surface area (TPSA) is 144 Å². The lowest BCUT2D eigenvalue weighted by atomic mass is 9.36. The lowest BCUT2D eigenvalue weighted by Crippen LogP contribution is -2.74. The monoisotopic (exact) mass is 696 g/mol. The Kier molecular flexibility index (Phi) is 10.4. The van der Waals surface area contributed by atoms with Gasteiger partial charge in [0.1, 0.15) is 24.1 Å². The molecule has 274 valence electrons. The van der Waals surface area contributed by atoms with Crippen molar-refractivity contribution in [2.75, 3.05) is 26.9 Å². The number of esters is 4. The molecule has 3 fully saturated rings. The molecule has 11 heteroatoms. The van der Waals surface area contributed by atoms with Gasteiger partial charge in [0.25, 0.3) is 0 Å². The summed E-state index contributed by atoms with van der Waals surface area (Å²) in [6.45, 7) is 16.3. The summed E-state index contributed by atoms with van der Waals surface area (Å²) in [4.78, 5) is 50.6. The van der Waals surface area contributed by atoms with Gasteiger partial charge in [0, 0.05) is 62.3 Å². The number of methoxy groups -OCH3 is 1. The fourth-order valence-electron chi connectivity index (χ4n) is 10.6. The van der Waals surface area contributed by atoms with Crippen molar-refractivity contribution in [1.82, 2.24) is 0 Å². The maximum atomic E-state index is 13.1. The van der Waals surface area contributed by atoms with E-state index in [0.29, 0.717) is 42.8 Å². The quantitative estimate of drug-likeness (QED) is 0.195. The third-order valence-corrected chi connectivity index (χ3v) is 12.4. The Labute approximate surface area is 294 Å². The third-order valence-electron chi connectivity index (χ3n) is 12.4. The molecule has 0 aromatic heterocycles. The molecular formula is C39H52O11. The van der Waals surface area contributed by atoms with E-state index in [1.807, 2.05) is 44.2 Å². The Balaban J connectivity index is 1.71. The van der Waals surface area contributed by atoms with E-state index in [2.05, 4.69) is 13.5 Å². The lowest BCUT2D eigenvalue weighted by molar-refractivity contribution is -0.286. The first kappa shape index (κ1) is 37.6. The van der Waals surface area contributed by atoms with Gasteiger partial charge in [-0.2, -0.15) is 0 Å². The smallest absolute Gasteiger partial charge is 0.303 e. The van der Waals surface area contributed by atoms with Crippen LogP contribution in [0.3, 0.4) is 0 Å². The molecule has 0 amide bonds. The molecule has 0 spiro atoms. The van der Waals surface area contributed by atoms with Gasteiger partial charge in [-0.05, 0) is 60.8 Å². The first-order valence-electron chi connectivity index (χ1n) is 17.4. The summed E-state index contributed by atoms with van der Waals surface area (Å²) < 4.78 is 35.9. The van der Waals surface area contributed by atoms with Crippen LogP contribution in [-0.2, 0) is 42.9 Å². The van der Waals surface area contributed by atoms with E-state index in [1.54, 1.807) is 7.11 Å². The Morgan fingerprint density at radius 1 is 0.960 bits per heavy atom. The molecule has 1 heterocycles. The number of para-hydroxylation sites is 1. The second kappa shape index (κ2) is 13.8. The summed E-state index contributed by atoms with van der Waals surface area (Å²) in [5.41, 5.74) is -1.90. The fraction of sp³-hybridized carbons (Fsp3) is 0.641. The van der Waals surface area contributed by atoms with E-state index in [9.17, 15) is 24.3 Å². The van der Waals surface area contributed by atoms with Crippen molar-refractivity contribution in [3.63, 3.8) is 0 Å². The van der Waals surface area contributed by atoms with E-state index in [-0.39, 0.29) is 25.6 Å². The standard InChI is InChI=1S/C39H52O11/c1-22(28-12-10-11-13-29(28)45-9)19-39(44)23(2)18-32(48-25(4)41)37(8)30(39)14-15-36(7)31-20-46-21-38(31,16-17-47-24(3)40)35(50-27(6)43)33(34(36)37)49-26(5)42/h10-13,18,30-35,44H,1,14-17,19-21H2,2-9H3/t30-,31+,32-,33+,34?,35+,36+,37-,38+,39-/m1/s1. The summed E-state index contributed by atoms with van der Waals surface area (Å²) in [5, 5.41) is 13.0. The normalized spacial score (nSPS) is 37.2. The van der Waals surface area contributed by atoms with Gasteiger partial charge in [-0.15, -0.1) is 0 Å². The maximum Gasteiger partial charge on any atom is 0.303 e. The molecule has 4 aliphatic rings. The average molecular weight is 697 g/mol. The molecule has 10 atom stereocenters. The molecule has 50 heavy (non-hydrogen) atoms. The van der Waals surface area contributed by atoms with Crippen LogP contribution in [-0.4, -0.2) is 79.8 Å². The molecule has 0 radical (unpaired) electrons. The van der Waals surface area contributed by atoms with Crippen LogP contribution in [0.25, 0.3) is 5.57 Å². The van der Waals surface area contributed by atoms with Gasteiger partial charge >= 0.3 is 23.9 Å². The molecule has 1 aliphatic heterocycles. The van der Waals surface area contributed by atoms with Crippen LogP contribution < -0.4 is 4.74 Å². The van der Waals surface area contributed by atoms with Gasteiger partial charge in [-0.1, -0.05) is 38.6 Å². The van der Waals surface area contributed by atoms with Crippen LogP contribution in [0.1, 0.15) is 79.7 Å². The van der Waals surface area contributed by atoms with Crippen molar-refractivity contribution in [2.45, 2.75) is 98.1 Å². The number of carbonyl (C=O) groups is 4. The molecule has 0 bridgehead atoms. The Hall–Kier alpha value is -3.70. The summed E-state index contributed by atoms with van der Waals surface area (Å²) in [7, 11) is 1.59. The molecule has 1 N–H and O–H groups in total. The minimum absolute atomic E-state index is 0.0587. The molecular weight excluding hydrogens is 644 g/mol. The van der Waals surface area contributed by atoms with Crippen molar-refractivity contribution >= 4 is 29.5 Å². The number of ether oxygens (including phenoxy) is 6. The number of hydrogen-bond donors (Lipinski definition) is 1. The Bertz CT molecular complexity index is 1570. The number of hydrogen-bond acceptors (Lipinski definition) is 11. The zero-order valence-electron chi connectivity index (χ0n) is 30.5. The molecule has 2 saturated carbocycles. The van der Waals surface area contributed by atoms with Crippen LogP contribution in [0.2, 0.25) is 0 Å². The van der Waals surface area contributed by atoms with Gasteiger partial charge in [0.15, 0.2) is 0 Å². The highest BCUT2D eigenvalue weighted by atomic mass is 16.6. The molecule has 1 unspecified atom stereocenters. The van der Waals surface area contributed by atoms with Gasteiger partial charge in [0.05, 0.1) is 32.5 Å². The van der Waals surface area contributed by atoms with Crippen LogP contribution in [0, 0.1) is 34.0 Å². The van der Waals surface area contributed by atoms with Gasteiger partial charge in [0.2, 0.25) is 0 Å². The third kappa shape index (κ3) is 6.14. The predicted molar refractivity (Wildman–Crippen MR) is 182 cm³/mol. The van der Waals surface area contributed by atoms with Gasteiger partial charge < -0.3 is 33.5 Å². The Morgan fingerprint density at radius 3 is 2.24 bits per heavy atom.